The highest BCUT2D eigenvalue weighted by atomic mass is 16.3. The van der Waals surface area contributed by atoms with Gasteiger partial charge >= 0.3 is 0 Å². The van der Waals surface area contributed by atoms with Crippen LogP contribution in [0.25, 0.3) is 0 Å². The standard InChI is InChI=1S/C16H28N4O/c1-13(2)15-9-16(19-12-18-15)17-6-4-8-20-7-3-5-14(10-20)11-21/h9,12-14,21H,3-8,10-11H2,1-2H3,(H,17,18,19)/t14-/m1/s1. The van der Waals surface area contributed by atoms with E-state index in [1.807, 2.05) is 6.07 Å². The number of hydrogen-bond acceptors (Lipinski definition) is 5. The smallest absolute Gasteiger partial charge is 0.129 e. The van der Waals surface area contributed by atoms with Crippen LogP contribution in [0.4, 0.5) is 5.82 Å². The summed E-state index contributed by atoms with van der Waals surface area (Å²) in [5.41, 5.74) is 1.08. The van der Waals surface area contributed by atoms with E-state index in [4.69, 9.17) is 0 Å². The van der Waals surface area contributed by atoms with Gasteiger partial charge in [0.25, 0.3) is 0 Å². The lowest BCUT2D eigenvalue weighted by molar-refractivity contribution is 0.120. The summed E-state index contributed by atoms with van der Waals surface area (Å²) >= 11 is 0. The molecule has 0 amide bonds. The van der Waals surface area contributed by atoms with E-state index in [-0.39, 0.29) is 0 Å². The fourth-order valence-electron chi connectivity index (χ4n) is 2.81. The monoisotopic (exact) mass is 292 g/mol. The number of nitrogens with zero attached hydrogens (tertiary/aromatic N) is 3. The Bertz CT molecular complexity index is 424. The molecule has 1 saturated heterocycles. The summed E-state index contributed by atoms with van der Waals surface area (Å²) in [5.74, 6) is 1.82. The first kappa shape index (κ1) is 16.2. The zero-order valence-corrected chi connectivity index (χ0v) is 13.3. The number of anilines is 1. The molecule has 0 spiro atoms. The van der Waals surface area contributed by atoms with Crippen molar-refractivity contribution in [1.29, 1.82) is 0 Å². The molecule has 1 aromatic rings. The average Bonchev–Trinajstić information content (AvgIpc) is 2.52. The van der Waals surface area contributed by atoms with Crippen LogP contribution in [0.5, 0.6) is 0 Å². The second kappa shape index (κ2) is 8.29. The fourth-order valence-corrected chi connectivity index (χ4v) is 2.81. The summed E-state index contributed by atoms with van der Waals surface area (Å²) < 4.78 is 0. The van der Waals surface area contributed by atoms with Crippen LogP contribution < -0.4 is 5.32 Å². The molecule has 1 aromatic heterocycles. The molecule has 2 N–H and O–H groups in total. The van der Waals surface area contributed by atoms with E-state index >= 15 is 0 Å². The summed E-state index contributed by atoms with van der Waals surface area (Å²) in [6, 6.07) is 2.04. The van der Waals surface area contributed by atoms with Gasteiger partial charge in [-0.2, -0.15) is 0 Å². The Balaban J connectivity index is 1.68. The predicted octanol–water partition coefficient (Wildman–Crippen LogP) is 2.11. The van der Waals surface area contributed by atoms with Crippen molar-refractivity contribution in [3.05, 3.63) is 18.1 Å². The van der Waals surface area contributed by atoms with Gasteiger partial charge in [-0.1, -0.05) is 13.8 Å². The van der Waals surface area contributed by atoms with Crippen molar-refractivity contribution in [2.45, 2.75) is 39.0 Å². The van der Waals surface area contributed by atoms with E-state index in [9.17, 15) is 5.11 Å². The third kappa shape index (κ3) is 5.25. The van der Waals surface area contributed by atoms with Crippen molar-refractivity contribution < 1.29 is 5.11 Å². The van der Waals surface area contributed by atoms with Crippen LogP contribution in [0.15, 0.2) is 12.4 Å². The molecule has 0 unspecified atom stereocenters. The SMILES string of the molecule is CC(C)c1cc(NCCCN2CCC[C@@H](CO)C2)ncn1. The molecule has 5 heteroatoms. The molecule has 0 aliphatic carbocycles. The number of aromatic nitrogens is 2. The Kier molecular flexibility index (Phi) is 6.39. The van der Waals surface area contributed by atoms with Crippen LogP contribution in [0.3, 0.4) is 0 Å². The predicted molar refractivity (Wildman–Crippen MR) is 85.5 cm³/mol. The molecular formula is C16H28N4O. The van der Waals surface area contributed by atoms with Gasteiger partial charge in [-0.25, -0.2) is 9.97 Å². The Morgan fingerprint density at radius 1 is 1.43 bits per heavy atom. The Labute approximate surface area is 127 Å². The van der Waals surface area contributed by atoms with Crippen molar-refractivity contribution in [1.82, 2.24) is 14.9 Å². The molecule has 5 nitrogen and oxygen atoms in total. The van der Waals surface area contributed by atoms with E-state index in [0.29, 0.717) is 18.4 Å². The van der Waals surface area contributed by atoms with Crippen LogP contribution >= 0.6 is 0 Å². The lowest BCUT2D eigenvalue weighted by Crippen LogP contribution is -2.37. The van der Waals surface area contributed by atoms with Crippen LogP contribution in [0.2, 0.25) is 0 Å². The molecule has 2 rings (SSSR count). The molecule has 1 fully saturated rings. The maximum Gasteiger partial charge on any atom is 0.129 e. The Morgan fingerprint density at radius 2 is 2.29 bits per heavy atom. The van der Waals surface area contributed by atoms with Gasteiger partial charge < -0.3 is 15.3 Å². The summed E-state index contributed by atoms with van der Waals surface area (Å²) in [5, 5.41) is 12.6. The third-order valence-electron chi connectivity index (χ3n) is 4.10. The van der Waals surface area contributed by atoms with E-state index in [0.717, 1.165) is 37.6 Å². The molecule has 0 bridgehead atoms. The van der Waals surface area contributed by atoms with Gasteiger partial charge in [0.1, 0.15) is 12.1 Å². The minimum Gasteiger partial charge on any atom is -0.396 e. The minimum absolute atomic E-state index is 0.327. The highest BCUT2D eigenvalue weighted by molar-refractivity contribution is 5.35. The molecule has 21 heavy (non-hydrogen) atoms. The number of rotatable bonds is 7. The van der Waals surface area contributed by atoms with Gasteiger partial charge in [0, 0.05) is 31.5 Å². The molecule has 1 aliphatic rings. The highest BCUT2D eigenvalue weighted by Crippen LogP contribution is 2.16. The number of aliphatic hydroxyl groups is 1. The first-order valence-electron chi connectivity index (χ1n) is 8.08. The molecule has 2 heterocycles. The quantitative estimate of drug-likeness (QED) is 0.754. The summed E-state index contributed by atoms with van der Waals surface area (Å²) in [7, 11) is 0. The van der Waals surface area contributed by atoms with Gasteiger partial charge in [-0.05, 0) is 44.2 Å². The van der Waals surface area contributed by atoms with Crippen LogP contribution in [0, 0.1) is 5.92 Å². The van der Waals surface area contributed by atoms with Crippen molar-refractivity contribution in [2.75, 3.05) is 38.1 Å². The Hall–Kier alpha value is -1.20. The van der Waals surface area contributed by atoms with Gasteiger partial charge in [0.2, 0.25) is 0 Å². The van der Waals surface area contributed by atoms with Crippen molar-refractivity contribution >= 4 is 5.82 Å². The van der Waals surface area contributed by atoms with Crippen molar-refractivity contribution in [2.24, 2.45) is 5.92 Å². The second-order valence-corrected chi connectivity index (χ2v) is 6.25. The van der Waals surface area contributed by atoms with Gasteiger partial charge in [0.05, 0.1) is 0 Å². The number of hydrogen-bond donors (Lipinski definition) is 2. The zero-order chi connectivity index (χ0) is 15.1. The zero-order valence-electron chi connectivity index (χ0n) is 13.3. The number of likely N-dealkylation sites (tertiary alicyclic amines) is 1. The minimum atomic E-state index is 0.327. The molecule has 0 radical (unpaired) electrons. The van der Waals surface area contributed by atoms with Crippen molar-refractivity contribution in [3.63, 3.8) is 0 Å². The lowest BCUT2D eigenvalue weighted by Gasteiger charge is -2.31. The summed E-state index contributed by atoms with van der Waals surface area (Å²) in [4.78, 5) is 11.0. The maximum atomic E-state index is 9.25. The average molecular weight is 292 g/mol. The van der Waals surface area contributed by atoms with Crippen LogP contribution in [-0.2, 0) is 0 Å². The van der Waals surface area contributed by atoms with Crippen LogP contribution in [0.1, 0.15) is 44.7 Å². The lowest BCUT2D eigenvalue weighted by atomic mass is 9.99. The topological polar surface area (TPSA) is 61.3 Å². The largest absolute Gasteiger partial charge is 0.396 e. The van der Waals surface area contributed by atoms with Gasteiger partial charge in [0.15, 0.2) is 0 Å². The summed E-state index contributed by atoms with van der Waals surface area (Å²) in [6.45, 7) is 8.83. The fraction of sp³-hybridized carbons (Fsp3) is 0.750. The third-order valence-corrected chi connectivity index (χ3v) is 4.10. The first-order valence-corrected chi connectivity index (χ1v) is 8.08. The van der Waals surface area contributed by atoms with E-state index in [2.05, 4.69) is 34.0 Å². The normalized spacial score (nSPS) is 19.9. The molecule has 1 aliphatic heterocycles. The van der Waals surface area contributed by atoms with E-state index in [1.165, 1.54) is 19.4 Å². The molecule has 118 valence electrons. The first-order chi connectivity index (χ1) is 10.2. The van der Waals surface area contributed by atoms with Crippen molar-refractivity contribution in [3.8, 4) is 0 Å². The Morgan fingerprint density at radius 3 is 3.05 bits per heavy atom. The highest BCUT2D eigenvalue weighted by Gasteiger charge is 2.18. The maximum absolute atomic E-state index is 9.25. The number of nitrogens with one attached hydrogen (secondary N) is 1. The van der Waals surface area contributed by atoms with E-state index < -0.39 is 0 Å². The number of piperidine rings is 1. The van der Waals surface area contributed by atoms with Crippen LogP contribution in [-0.4, -0.2) is 52.8 Å². The number of aliphatic hydroxyl groups excluding tert-OH is 1. The summed E-state index contributed by atoms with van der Waals surface area (Å²) in [6.07, 6.45) is 5.11. The molecule has 1 atom stereocenters. The molecule has 0 saturated carbocycles. The molecular weight excluding hydrogens is 264 g/mol. The second-order valence-electron chi connectivity index (χ2n) is 6.25. The van der Waals surface area contributed by atoms with E-state index in [1.54, 1.807) is 6.33 Å². The van der Waals surface area contributed by atoms with Gasteiger partial charge in [-0.15, -0.1) is 0 Å². The molecule has 0 aromatic carbocycles. The van der Waals surface area contributed by atoms with Gasteiger partial charge in [-0.3, -0.25) is 0 Å².